The molecule has 36 heavy (non-hydrogen) atoms. The average molecular weight is 491 g/mol. The molecule has 1 aliphatic carbocycles. The van der Waals surface area contributed by atoms with Crippen LogP contribution in [-0.4, -0.2) is 67.5 Å². The van der Waals surface area contributed by atoms with Gasteiger partial charge in [-0.3, -0.25) is 14.1 Å². The molecule has 0 spiro atoms. The molecule has 1 saturated carbocycles. The number of fused-ring (bicyclic) bond motifs is 2. The Morgan fingerprint density at radius 2 is 1.86 bits per heavy atom. The van der Waals surface area contributed by atoms with Gasteiger partial charge in [0.25, 0.3) is 0 Å². The molecular formula is C25H30N8O3. The fourth-order valence-electron chi connectivity index (χ4n) is 5.08. The van der Waals surface area contributed by atoms with Crippen molar-refractivity contribution in [1.82, 2.24) is 29.1 Å². The van der Waals surface area contributed by atoms with Crippen LogP contribution in [0.2, 0.25) is 0 Å². The van der Waals surface area contributed by atoms with E-state index < -0.39 is 0 Å². The van der Waals surface area contributed by atoms with Gasteiger partial charge in [0.05, 0.1) is 30.3 Å². The molecule has 11 heteroatoms. The smallest absolute Gasteiger partial charge is 0.329 e. The largest absolute Gasteiger partial charge is 0.474 e. The summed E-state index contributed by atoms with van der Waals surface area (Å²) < 4.78 is 15.1. The second-order valence-electron chi connectivity index (χ2n) is 9.49. The zero-order valence-corrected chi connectivity index (χ0v) is 20.6. The molecule has 4 aromatic heterocycles. The number of hydrogen-bond acceptors (Lipinski definition) is 9. The van der Waals surface area contributed by atoms with Crippen LogP contribution in [0.15, 0.2) is 35.4 Å². The van der Waals surface area contributed by atoms with Gasteiger partial charge in [0.15, 0.2) is 5.65 Å². The van der Waals surface area contributed by atoms with Crippen LogP contribution in [0, 0.1) is 0 Å². The lowest BCUT2D eigenvalue weighted by atomic mass is 9.93. The summed E-state index contributed by atoms with van der Waals surface area (Å²) in [4.78, 5) is 32.9. The maximum atomic E-state index is 12.2. The second-order valence-corrected chi connectivity index (χ2v) is 9.49. The minimum absolute atomic E-state index is 0.0808. The molecule has 6 rings (SSSR count). The maximum absolute atomic E-state index is 12.2. The van der Waals surface area contributed by atoms with Gasteiger partial charge in [-0.25, -0.2) is 9.78 Å². The molecule has 0 radical (unpaired) electrons. The van der Waals surface area contributed by atoms with Gasteiger partial charge in [0.1, 0.15) is 17.4 Å². The van der Waals surface area contributed by atoms with Crippen molar-refractivity contribution in [3.8, 4) is 5.88 Å². The summed E-state index contributed by atoms with van der Waals surface area (Å²) in [5.41, 5.74) is 2.13. The molecule has 1 aliphatic heterocycles. The van der Waals surface area contributed by atoms with Crippen LogP contribution in [-0.2, 0) is 18.8 Å². The molecule has 2 aliphatic rings. The van der Waals surface area contributed by atoms with E-state index in [1.54, 1.807) is 35.6 Å². The number of nitrogens with one attached hydrogen (secondary N) is 1. The number of anilines is 2. The maximum Gasteiger partial charge on any atom is 0.329 e. The van der Waals surface area contributed by atoms with Crippen molar-refractivity contribution in [2.45, 2.75) is 37.8 Å². The van der Waals surface area contributed by atoms with E-state index in [0.29, 0.717) is 30.7 Å². The van der Waals surface area contributed by atoms with E-state index in [-0.39, 0.29) is 17.8 Å². The first-order chi connectivity index (χ1) is 17.6. The fraction of sp³-hybridized carbons (Fsp3) is 0.480. The van der Waals surface area contributed by atoms with Crippen molar-refractivity contribution >= 4 is 33.8 Å². The van der Waals surface area contributed by atoms with E-state index in [4.69, 9.17) is 14.5 Å². The Hall–Kier alpha value is -3.73. The van der Waals surface area contributed by atoms with E-state index >= 15 is 0 Å². The van der Waals surface area contributed by atoms with Crippen molar-refractivity contribution in [3.63, 3.8) is 0 Å². The summed E-state index contributed by atoms with van der Waals surface area (Å²) >= 11 is 0. The van der Waals surface area contributed by atoms with Gasteiger partial charge < -0.3 is 19.7 Å². The van der Waals surface area contributed by atoms with E-state index in [2.05, 4.69) is 25.2 Å². The van der Waals surface area contributed by atoms with Crippen LogP contribution >= 0.6 is 0 Å². The van der Waals surface area contributed by atoms with E-state index in [1.165, 1.54) is 0 Å². The Morgan fingerprint density at radius 1 is 1.06 bits per heavy atom. The van der Waals surface area contributed by atoms with Crippen molar-refractivity contribution < 1.29 is 9.47 Å². The van der Waals surface area contributed by atoms with Crippen LogP contribution < -0.4 is 20.6 Å². The highest BCUT2D eigenvalue weighted by Crippen LogP contribution is 2.31. The van der Waals surface area contributed by atoms with Crippen molar-refractivity contribution in [2.24, 2.45) is 14.1 Å². The Balaban J connectivity index is 1.14. The Morgan fingerprint density at radius 3 is 2.67 bits per heavy atom. The zero-order valence-electron chi connectivity index (χ0n) is 20.6. The summed E-state index contributed by atoms with van der Waals surface area (Å²) in [6.45, 7) is 3.03. The topological polar surface area (TPSA) is 112 Å². The molecule has 0 atom stereocenters. The Labute approximate surface area is 208 Å². The first-order valence-electron chi connectivity index (χ1n) is 12.5. The molecular weight excluding hydrogens is 460 g/mol. The number of imidazole rings is 1. The Kier molecular flexibility index (Phi) is 5.92. The number of aryl methyl sites for hydroxylation is 2. The van der Waals surface area contributed by atoms with Crippen LogP contribution in [0.4, 0.5) is 11.8 Å². The molecule has 0 bridgehead atoms. The number of nitrogens with zero attached hydrogens (tertiary/aromatic N) is 7. The highest BCUT2D eigenvalue weighted by atomic mass is 16.5. The van der Waals surface area contributed by atoms with Crippen LogP contribution in [0.1, 0.15) is 25.7 Å². The van der Waals surface area contributed by atoms with E-state index in [0.717, 1.165) is 61.0 Å². The van der Waals surface area contributed by atoms with Gasteiger partial charge in [0, 0.05) is 45.5 Å². The van der Waals surface area contributed by atoms with Gasteiger partial charge in [-0.1, -0.05) is 0 Å². The van der Waals surface area contributed by atoms with Crippen LogP contribution in [0.5, 0.6) is 5.88 Å². The van der Waals surface area contributed by atoms with E-state index in [1.807, 2.05) is 18.2 Å². The summed E-state index contributed by atoms with van der Waals surface area (Å²) in [7, 11) is 3.46. The Bertz CT molecular complexity index is 1450. The zero-order chi connectivity index (χ0) is 24.6. The number of pyridine rings is 2. The quantitative estimate of drug-likeness (QED) is 0.450. The lowest BCUT2D eigenvalue weighted by Crippen LogP contribution is -2.37. The highest BCUT2D eigenvalue weighted by molar-refractivity contribution is 5.85. The molecule has 11 nitrogen and oxygen atoms in total. The molecule has 1 N–H and O–H groups in total. The van der Waals surface area contributed by atoms with Crippen LogP contribution in [0.3, 0.4) is 0 Å². The summed E-state index contributed by atoms with van der Waals surface area (Å²) in [5.74, 6) is 2.08. The van der Waals surface area contributed by atoms with E-state index in [9.17, 15) is 4.79 Å². The lowest BCUT2D eigenvalue weighted by molar-refractivity contribution is 0.122. The first kappa shape index (κ1) is 22.7. The molecule has 1 saturated heterocycles. The SMILES string of the molecule is Cn1c(=O)n(C)c2nc(N[C@H]3CC[C@@H](Oc4nc(N5CCOCC5)cc5ncccc45)CC3)ncc21. The number of ether oxygens (including phenoxy) is 2. The van der Waals surface area contributed by atoms with Gasteiger partial charge in [-0.2, -0.15) is 9.97 Å². The molecule has 0 amide bonds. The number of morpholine rings is 1. The lowest BCUT2D eigenvalue weighted by Gasteiger charge is -2.31. The third-order valence-corrected chi connectivity index (χ3v) is 7.17. The second kappa shape index (κ2) is 9.38. The molecule has 0 unspecified atom stereocenters. The molecule has 0 aromatic carbocycles. The monoisotopic (exact) mass is 490 g/mol. The third-order valence-electron chi connectivity index (χ3n) is 7.17. The molecule has 188 valence electrons. The number of hydrogen-bond donors (Lipinski definition) is 1. The number of rotatable bonds is 5. The first-order valence-corrected chi connectivity index (χ1v) is 12.5. The normalized spacial score (nSPS) is 20.7. The van der Waals surface area contributed by atoms with Gasteiger partial charge in [-0.15, -0.1) is 0 Å². The third kappa shape index (κ3) is 4.23. The summed E-state index contributed by atoms with van der Waals surface area (Å²) in [6, 6.07) is 6.22. The molecule has 4 aromatic rings. The fourth-order valence-corrected chi connectivity index (χ4v) is 5.08. The standard InChI is InChI=1S/C25H30N8O3/c1-31-20-15-27-24(30-22(20)32(2)25(31)34)28-16-5-7-17(8-6-16)36-23-18-4-3-9-26-19(18)14-21(29-23)33-10-12-35-13-11-33/h3-4,9,14-17H,5-8,10-13H2,1-2H3,(H,27,28,30)/t16-,17+. The minimum atomic E-state index is -0.108. The van der Waals surface area contributed by atoms with Crippen molar-refractivity contribution in [3.05, 3.63) is 41.1 Å². The molecule has 2 fully saturated rings. The highest BCUT2D eigenvalue weighted by Gasteiger charge is 2.25. The van der Waals surface area contributed by atoms with Gasteiger partial charge in [0.2, 0.25) is 11.8 Å². The number of aromatic nitrogens is 6. The average Bonchev–Trinajstić information content (AvgIpc) is 3.13. The predicted molar refractivity (Wildman–Crippen MR) is 137 cm³/mol. The summed E-state index contributed by atoms with van der Waals surface area (Å²) in [6.07, 6.45) is 7.24. The van der Waals surface area contributed by atoms with Crippen molar-refractivity contribution in [2.75, 3.05) is 36.5 Å². The minimum Gasteiger partial charge on any atom is -0.474 e. The van der Waals surface area contributed by atoms with Gasteiger partial charge >= 0.3 is 5.69 Å². The molecule has 5 heterocycles. The summed E-state index contributed by atoms with van der Waals surface area (Å²) in [5, 5.41) is 4.38. The van der Waals surface area contributed by atoms with Gasteiger partial charge in [-0.05, 0) is 37.8 Å². The predicted octanol–water partition coefficient (Wildman–Crippen LogP) is 2.25. The van der Waals surface area contributed by atoms with Crippen molar-refractivity contribution in [1.29, 1.82) is 0 Å². The van der Waals surface area contributed by atoms with Crippen LogP contribution in [0.25, 0.3) is 22.1 Å².